The quantitative estimate of drug-likeness (QED) is 0.433. The van der Waals surface area contributed by atoms with Crippen LogP contribution in [0, 0.1) is 11.3 Å². The van der Waals surface area contributed by atoms with E-state index in [2.05, 4.69) is 0 Å². The van der Waals surface area contributed by atoms with E-state index in [1.165, 1.54) is 4.31 Å². The molecule has 1 amide bonds. The van der Waals surface area contributed by atoms with Gasteiger partial charge in [-0.2, -0.15) is 0 Å². The monoisotopic (exact) mass is 578 g/mol. The number of rotatable bonds is 9. The summed E-state index contributed by atoms with van der Waals surface area (Å²) in [7, 11) is -1.88. The van der Waals surface area contributed by atoms with Gasteiger partial charge in [0.25, 0.3) is 0 Å². The average Bonchev–Trinajstić information content (AvgIpc) is 3.80. The van der Waals surface area contributed by atoms with Crippen LogP contribution >= 0.6 is 23.2 Å². The summed E-state index contributed by atoms with van der Waals surface area (Å²) in [6.07, 6.45) is 2.46. The maximum Gasteiger partial charge on any atom is 0.307 e. The van der Waals surface area contributed by atoms with Crippen LogP contribution in [-0.2, 0) is 19.6 Å². The Balaban J connectivity index is 1.63. The molecule has 10 heteroatoms. The molecule has 2 aromatic rings. The van der Waals surface area contributed by atoms with Crippen LogP contribution in [0.25, 0.3) is 0 Å². The number of hydrogen-bond donors (Lipinski definition) is 1. The second-order valence-electron chi connectivity index (χ2n) is 10.9. The molecule has 0 radical (unpaired) electrons. The summed E-state index contributed by atoms with van der Waals surface area (Å²) in [4.78, 5) is 28.2. The van der Waals surface area contributed by atoms with Gasteiger partial charge in [0.2, 0.25) is 15.9 Å². The van der Waals surface area contributed by atoms with Crippen LogP contribution in [0.2, 0.25) is 10.0 Å². The van der Waals surface area contributed by atoms with Gasteiger partial charge in [0, 0.05) is 35.6 Å². The van der Waals surface area contributed by atoms with Gasteiger partial charge in [0.1, 0.15) is 0 Å². The van der Waals surface area contributed by atoms with Crippen LogP contribution in [0.15, 0.2) is 48.5 Å². The third kappa shape index (κ3) is 4.85. The van der Waals surface area contributed by atoms with Gasteiger partial charge >= 0.3 is 5.97 Å². The van der Waals surface area contributed by atoms with Crippen molar-refractivity contribution in [3.63, 3.8) is 0 Å². The summed E-state index contributed by atoms with van der Waals surface area (Å²) in [5.41, 5.74) is 0.753. The molecule has 5 unspecified atom stereocenters. The maximum atomic E-state index is 14.3. The molecule has 1 saturated heterocycles. The zero-order valence-electron chi connectivity index (χ0n) is 21.4. The second kappa shape index (κ2) is 10.1. The minimum Gasteiger partial charge on any atom is -0.481 e. The summed E-state index contributed by atoms with van der Waals surface area (Å²) in [5, 5.41) is 10.7. The lowest BCUT2D eigenvalue weighted by atomic mass is 9.72. The van der Waals surface area contributed by atoms with Crippen LogP contribution in [0.4, 0.5) is 0 Å². The van der Waals surface area contributed by atoms with E-state index in [1.807, 2.05) is 37.3 Å². The number of carbonyl (C=O) groups is 2. The summed E-state index contributed by atoms with van der Waals surface area (Å²) in [6, 6.07) is 13.9. The molecule has 3 aliphatic rings. The topological polar surface area (TPSA) is 95.0 Å². The number of benzene rings is 2. The van der Waals surface area contributed by atoms with Crippen molar-refractivity contribution in [2.75, 3.05) is 13.6 Å². The number of sulfonamides is 1. The number of carboxylic acid groups (broad SMARTS) is 1. The molecule has 1 spiro atoms. The highest BCUT2D eigenvalue weighted by Crippen LogP contribution is 2.65. The average molecular weight is 580 g/mol. The molecule has 2 saturated carbocycles. The van der Waals surface area contributed by atoms with Crippen molar-refractivity contribution in [2.45, 2.75) is 62.3 Å². The Morgan fingerprint density at radius 3 is 2.34 bits per heavy atom. The van der Waals surface area contributed by atoms with Gasteiger partial charge in [-0.1, -0.05) is 54.4 Å². The molecular formula is C28H32Cl2N2O5S. The first-order valence-electron chi connectivity index (χ1n) is 13.0. The molecule has 3 fully saturated rings. The fourth-order valence-corrected chi connectivity index (χ4v) is 8.12. The molecule has 204 valence electrons. The van der Waals surface area contributed by atoms with E-state index < -0.39 is 39.4 Å². The predicted octanol–water partition coefficient (Wildman–Crippen LogP) is 5.34. The SMILES string of the molecule is CCC(CN(C)S(=O)(=O)C1CC1)N1C(=O)C2(CC(c3cccc(Cl)c3)C1c1ccc(Cl)cc1)CC2C(=O)O. The number of hydrogen-bond acceptors (Lipinski definition) is 4. The van der Waals surface area contributed by atoms with Crippen LogP contribution in [-0.4, -0.2) is 59.5 Å². The van der Waals surface area contributed by atoms with Crippen molar-refractivity contribution < 1.29 is 23.1 Å². The molecule has 1 N–H and O–H groups in total. The number of aliphatic carboxylic acids is 1. The lowest BCUT2D eigenvalue weighted by molar-refractivity contribution is -0.154. The fraction of sp³-hybridized carbons (Fsp3) is 0.500. The summed E-state index contributed by atoms with van der Waals surface area (Å²) < 4.78 is 27.4. The van der Waals surface area contributed by atoms with E-state index in [0.717, 1.165) is 11.1 Å². The van der Waals surface area contributed by atoms with Crippen molar-refractivity contribution in [1.82, 2.24) is 9.21 Å². The van der Waals surface area contributed by atoms with Gasteiger partial charge in [-0.3, -0.25) is 9.59 Å². The zero-order valence-corrected chi connectivity index (χ0v) is 23.7. The fourth-order valence-electron chi connectivity index (χ4n) is 6.18. The minimum atomic E-state index is -3.46. The molecule has 1 heterocycles. The Hall–Kier alpha value is -2.13. The number of carboxylic acids is 1. The largest absolute Gasteiger partial charge is 0.481 e. The Kier molecular flexibility index (Phi) is 7.31. The molecular weight excluding hydrogens is 547 g/mol. The highest BCUT2D eigenvalue weighted by Gasteiger charge is 2.69. The number of nitrogens with zero attached hydrogens (tertiary/aromatic N) is 2. The Morgan fingerprint density at radius 2 is 1.79 bits per heavy atom. The molecule has 0 bridgehead atoms. The van der Waals surface area contributed by atoms with Crippen LogP contribution < -0.4 is 0 Å². The van der Waals surface area contributed by atoms with E-state index in [4.69, 9.17) is 23.2 Å². The van der Waals surface area contributed by atoms with E-state index >= 15 is 0 Å². The third-order valence-electron chi connectivity index (χ3n) is 8.50. The number of likely N-dealkylation sites (N-methyl/N-ethyl adjacent to an activating group) is 1. The van der Waals surface area contributed by atoms with Crippen molar-refractivity contribution in [2.24, 2.45) is 11.3 Å². The summed E-state index contributed by atoms with van der Waals surface area (Å²) >= 11 is 12.6. The maximum absolute atomic E-state index is 14.3. The Bertz CT molecular complexity index is 1350. The zero-order chi connectivity index (χ0) is 27.4. The molecule has 0 aromatic heterocycles. The number of amides is 1. The second-order valence-corrected chi connectivity index (χ2v) is 14.1. The Morgan fingerprint density at radius 1 is 1.11 bits per heavy atom. The minimum absolute atomic E-state index is 0.140. The first-order chi connectivity index (χ1) is 18.0. The van der Waals surface area contributed by atoms with Crippen LogP contribution in [0.3, 0.4) is 0 Å². The summed E-state index contributed by atoms with van der Waals surface area (Å²) in [5.74, 6) is -2.20. The lowest BCUT2D eigenvalue weighted by Gasteiger charge is -2.49. The third-order valence-corrected chi connectivity index (χ3v) is 11.3. The van der Waals surface area contributed by atoms with E-state index in [0.29, 0.717) is 35.7 Å². The highest BCUT2D eigenvalue weighted by atomic mass is 35.5. The first-order valence-corrected chi connectivity index (χ1v) is 15.3. The van der Waals surface area contributed by atoms with Gasteiger partial charge < -0.3 is 10.0 Å². The van der Waals surface area contributed by atoms with Gasteiger partial charge in [-0.05, 0) is 67.5 Å². The lowest BCUT2D eigenvalue weighted by Crippen LogP contribution is -2.56. The Labute approximate surface area is 233 Å². The molecule has 2 aromatic carbocycles. The predicted molar refractivity (Wildman–Crippen MR) is 147 cm³/mol. The highest BCUT2D eigenvalue weighted by molar-refractivity contribution is 7.90. The van der Waals surface area contributed by atoms with Gasteiger partial charge in [-0.25, -0.2) is 12.7 Å². The van der Waals surface area contributed by atoms with Gasteiger partial charge in [-0.15, -0.1) is 0 Å². The van der Waals surface area contributed by atoms with E-state index in [9.17, 15) is 23.1 Å². The molecule has 5 atom stereocenters. The van der Waals surface area contributed by atoms with Crippen LogP contribution in [0.1, 0.15) is 62.1 Å². The van der Waals surface area contributed by atoms with E-state index in [-0.39, 0.29) is 30.0 Å². The number of carbonyl (C=O) groups excluding carboxylic acids is 1. The normalized spacial score (nSPS) is 28.1. The van der Waals surface area contributed by atoms with Gasteiger partial charge in [0.15, 0.2) is 0 Å². The van der Waals surface area contributed by atoms with Crippen molar-refractivity contribution in [3.8, 4) is 0 Å². The first kappa shape index (κ1) is 27.4. The standard InChI is InChI=1S/C28H32Cl2N2O5S/c1-3-21(16-31(2)38(36,37)22-11-12-22)32-25(17-7-9-19(29)10-8-17)23(18-5-4-6-20(30)13-18)14-28(27(32)35)15-24(28)26(33)34/h4-10,13,21-25H,3,11-12,14-16H2,1-2H3,(H,33,34). The number of piperidine rings is 1. The van der Waals surface area contributed by atoms with E-state index in [1.54, 1.807) is 30.1 Å². The van der Waals surface area contributed by atoms with Crippen molar-refractivity contribution >= 4 is 45.1 Å². The molecule has 2 aliphatic carbocycles. The molecule has 38 heavy (non-hydrogen) atoms. The summed E-state index contributed by atoms with van der Waals surface area (Å²) in [6.45, 7) is 2.08. The molecule has 1 aliphatic heterocycles. The van der Waals surface area contributed by atoms with Crippen molar-refractivity contribution in [3.05, 3.63) is 69.7 Å². The smallest absolute Gasteiger partial charge is 0.307 e. The van der Waals surface area contributed by atoms with Crippen molar-refractivity contribution in [1.29, 1.82) is 0 Å². The van der Waals surface area contributed by atoms with Crippen LogP contribution in [0.5, 0.6) is 0 Å². The molecule has 5 rings (SSSR count). The van der Waals surface area contributed by atoms with Gasteiger partial charge in [0.05, 0.1) is 22.6 Å². The molecule has 7 nitrogen and oxygen atoms in total. The number of likely N-dealkylation sites (tertiary alicyclic amines) is 1. The number of halogens is 2.